The Morgan fingerprint density at radius 1 is 0.912 bits per heavy atom. The van der Waals surface area contributed by atoms with Crippen LogP contribution in [0.1, 0.15) is 33.2 Å². The Morgan fingerprint density at radius 2 is 1.59 bits per heavy atom. The van der Waals surface area contributed by atoms with Crippen LogP contribution < -0.4 is 10.6 Å². The highest BCUT2D eigenvalue weighted by molar-refractivity contribution is 9.10. The molecule has 0 aromatic heterocycles. The lowest BCUT2D eigenvalue weighted by Gasteiger charge is -2.12. The highest BCUT2D eigenvalue weighted by Crippen LogP contribution is 2.17. The molecule has 3 aromatic carbocycles. The number of carbonyl (C=O) groups excluding carboxylic acids is 3. The third-order valence-electron chi connectivity index (χ3n) is 4.62. The molecule has 0 radical (unpaired) electrons. The standard InChI is InChI=1S/C27H23BrN2O4/c1-2-34-27(33)20-15-17-21(18-16-20)29-26(32)24(14-8-11-19-9-4-3-5-10-19)30-25(31)22-12-6-7-13-23(22)28/h3-18H,2H2,1H3,(H,29,32)(H,30,31)/b11-8+,24-14+. The second-order valence-electron chi connectivity index (χ2n) is 7.04. The molecule has 34 heavy (non-hydrogen) atoms. The van der Waals surface area contributed by atoms with Crippen LogP contribution in [0, 0.1) is 0 Å². The number of carbonyl (C=O) groups is 3. The number of halogens is 1. The average molecular weight is 519 g/mol. The molecule has 0 unspecified atom stereocenters. The number of esters is 1. The number of benzene rings is 3. The van der Waals surface area contributed by atoms with Crippen molar-refractivity contribution in [2.24, 2.45) is 0 Å². The van der Waals surface area contributed by atoms with E-state index in [1.54, 1.807) is 61.5 Å². The van der Waals surface area contributed by atoms with Crippen molar-refractivity contribution >= 4 is 45.5 Å². The minimum absolute atomic E-state index is 0.0578. The summed E-state index contributed by atoms with van der Waals surface area (Å²) in [5.41, 5.74) is 2.24. The summed E-state index contributed by atoms with van der Waals surface area (Å²) in [7, 11) is 0. The fraction of sp³-hybridized carbons (Fsp3) is 0.0741. The fourth-order valence-corrected chi connectivity index (χ4v) is 3.40. The third kappa shape index (κ3) is 7.02. The fourth-order valence-electron chi connectivity index (χ4n) is 2.93. The molecule has 0 heterocycles. The van der Waals surface area contributed by atoms with Crippen molar-refractivity contribution in [3.8, 4) is 0 Å². The minimum Gasteiger partial charge on any atom is -0.462 e. The predicted octanol–water partition coefficient (Wildman–Crippen LogP) is 5.59. The largest absolute Gasteiger partial charge is 0.462 e. The second-order valence-corrected chi connectivity index (χ2v) is 7.89. The van der Waals surface area contributed by atoms with E-state index in [1.807, 2.05) is 36.4 Å². The van der Waals surface area contributed by atoms with Gasteiger partial charge < -0.3 is 15.4 Å². The van der Waals surface area contributed by atoms with Gasteiger partial charge in [0, 0.05) is 10.2 Å². The normalized spacial score (nSPS) is 11.2. The molecular weight excluding hydrogens is 496 g/mol. The summed E-state index contributed by atoms with van der Waals surface area (Å²) in [4.78, 5) is 37.6. The molecule has 2 amide bonds. The van der Waals surface area contributed by atoms with Gasteiger partial charge in [0.05, 0.1) is 17.7 Å². The molecule has 3 aromatic rings. The molecule has 0 aliphatic carbocycles. The van der Waals surface area contributed by atoms with Gasteiger partial charge in [-0.3, -0.25) is 9.59 Å². The van der Waals surface area contributed by atoms with E-state index in [2.05, 4.69) is 26.6 Å². The Bertz CT molecular complexity index is 1220. The third-order valence-corrected chi connectivity index (χ3v) is 5.31. The van der Waals surface area contributed by atoms with E-state index in [4.69, 9.17) is 4.74 Å². The zero-order valence-electron chi connectivity index (χ0n) is 18.5. The monoisotopic (exact) mass is 518 g/mol. The number of nitrogens with one attached hydrogen (secondary N) is 2. The molecule has 172 valence electrons. The number of rotatable bonds is 8. The highest BCUT2D eigenvalue weighted by atomic mass is 79.9. The highest BCUT2D eigenvalue weighted by Gasteiger charge is 2.16. The van der Waals surface area contributed by atoms with Crippen molar-refractivity contribution in [1.29, 1.82) is 0 Å². The molecule has 7 heteroatoms. The molecule has 3 rings (SSSR count). The van der Waals surface area contributed by atoms with Crippen LogP contribution in [0.3, 0.4) is 0 Å². The summed E-state index contributed by atoms with van der Waals surface area (Å²) in [5, 5.41) is 5.42. The van der Waals surface area contributed by atoms with Crippen LogP contribution >= 0.6 is 15.9 Å². The summed E-state index contributed by atoms with van der Waals surface area (Å²) in [5.74, 6) is -1.38. The molecule has 0 aliphatic heterocycles. The summed E-state index contributed by atoms with van der Waals surface area (Å²) < 4.78 is 5.58. The zero-order chi connectivity index (χ0) is 24.3. The van der Waals surface area contributed by atoms with Crippen molar-refractivity contribution in [2.45, 2.75) is 6.92 Å². The topological polar surface area (TPSA) is 84.5 Å². The van der Waals surface area contributed by atoms with Gasteiger partial charge in [0.2, 0.25) is 0 Å². The van der Waals surface area contributed by atoms with Gasteiger partial charge in [0.1, 0.15) is 5.70 Å². The van der Waals surface area contributed by atoms with Gasteiger partial charge >= 0.3 is 5.97 Å². The number of ether oxygens (including phenoxy) is 1. The molecule has 0 saturated carbocycles. The zero-order valence-corrected chi connectivity index (χ0v) is 20.0. The summed E-state index contributed by atoms with van der Waals surface area (Å²) in [6.07, 6.45) is 5.05. The summed E-state index contributed by atoms with van der Waals surface area (Å²) in [6, 6.07) is 22.8. The van der Waals surface area contributed by atoms with Gasteiger partial charge in [-0.05, 0) is 70.9 Å². The van der Waals surface area contributed by atoms with Crippen molar-refractivity contribution in [1.82, 2.24) is 5.32 Å². The summed E-state index contributed by atoms with van der Waals surface area (Å²) >= 11 is 3.36. The number of hydrogen-bond acceptors (Lipinski definition) is 4. The van der Waals surface area contributed by atoms with E-state index in [9.17, 15) is 14.4 Å². The van der Waals surface area contributed by atoms with Crippen molar-refractivity contribution in [3.05, 3.63) is 118 Å². The molecule has 0 aliphatic rings. The van der Waals surface area contributed by atoms with E-state index < -0.39 is 17.8 Å². The average Bonchev–Trinajstić information content (AvgIpc) is 2.85. The maximum atomic E-state index is 13.0. The minimum atomic E-state index is -0.512. The van der Waals surface area contributed by atoms with Crippen molar-refractivity contribution in [3.63, 3.8) is 0 Å². The number of allylic oxidation sites excluding steroid dienone is 2. The smallest absolute Gasteiger partial charge is 0.338 e. The molecule has 2 N–H and O–H groups in total. The molecule has 0 spiro atoms. The lowest BCUT2D eigenvalue weighted by atomic mass is 10.2. The van der Waals surface area contributed by atoms with Crippen LogP contribution in [0.15, 0.2) is 101 Å². The Kier molecular flexibility index (Phi) is 8.94. The van der Waals surface area contributed by atoms with Crippen molar-refractivity contribution in [2.75, 3.05) is 11.9 Å². The predicted molar refractivity (Wildman–Crippen MR) is 136 cm³/mol. The Morgan fingerprint density at radius 3 is 2.26 bits per heavy atom. The van der Waals surface area contributed by atoms with Crippen LogP contribution in [-0.2, 0) is 9.53 Å². The lowest BCUT2D eigenvalue weighted by molar-refractivity contribution is -0.113. The molecule has 0 saturated heterocycles. The van der Waals surface area contributed by atoms with E-state index in [-0.39, 0.29) is 12.3 Å². The van der Waals surface area contributed by atoms with Crippen LogP contribution in [0.2, 0.25) is 0 Å². The van der Waals surface area contributed by atoms with Crippen LogP contribution in [0.4, 0.5) is 5.69 Å². The quantitative estimate of drug-likeness (QED) is 0.231. The molecule has 6 nitrogen and oxygen atoms in total. The van der Waals surface area contributed by atoms with Gasteiger partial charge in [-0.1, -0.05) is 54.6 Å². The maximum Gasteiger partial charge on any atom is 0.338 e. The van der Waals surface area contributed by atoms with Crippen LogP contribution in [0.25, 0.3) is 6.08 Å². The lowest BCUT2D eigenvalue weighted by Crippen LogP contribution is -2.31. The molecule has 0 atom stereocenters. The molecule has 0 fully saturated rings. The Balaban J connectivity index is 1.80. The van der Waals surface area contributed by atoms with Crippen molar-refractivity contribution < 1.29 is 19.1 Å². The van der Waals surface area contributed by atoms with Crippen LogP contribution in [-0.4, -0.2) is 24.4 Å². The van der Waals surface area contributed by atoms with Gasteiger partial charge in [-0.15, -0.1) is 0 Å². The van der Waals surface area contributed by atoms with E-state index >= 15 is 0 Å². The summed E-state index contributed by atoms with van der Waals surface area (Å²) in [6.45, 7) is 2.01. The van der Waals surface area contributed by atoms with E-state index in [0.717, 1.165) is 5.56 Å². The van der Waals surface area contributed by atoms with Gasteiger partial charge in [0.15, 0.2) is 0 Å². The Hall–Kier alpha value is -3.97. The first-order valence-electron chi connectivity index (χ1n) is 10.6. The second kappa shape index (κ2) is 12.3. The first kappa shape index (κ1) is 24.7. The van der Waals surface area contributed by atoms with Gasteiger partial charge in [0.25, 0.3) is 11.8 Å². The van der Waals surface area contributed by atoms with E-state index in [0.29, 0.717) is 21.3 Å². The number of anilines is 1. The Labute approximate surface area is 206 Å². The molecular formula is C27H23BrN2O4. The van der Waals surface area contributed by atoms with Gasteiger partial charge in [-0.2, -0.15) is 0 Å². The van der Waals surface area contributed by atoms with Crippen LogP contribution in [0.5, 0.6) is 0 Å². The first-order valence-corrected chi connectivity index (χ1v) is 11.3. The van der Waals surface area contributed by atoms with Gasteiger partial charge in [-0.25, -0.2) is 4.79 Å². The number of hydrogen-bond donors (Lipinski definition) is 2. The van der Waals surface area contributed by atoms with E-state index in [1.165, 1.54) is 6.08 Å². The first-order chi connectivity index (χ1) is 16.5. The SMILES string of the molecule is CCOC(=O)c1ccc(NC(=O)/C(=C\C=C\c2ccccc2)NC(=O)c2ccccc2Br)cc1. The maximum absolute atomic E-state index is 13.0. The molecule has 0 bridgehead atoms. The number of amides is 2.